The number of piperidine rings is 2. The predicted molar refractivity (Wildman–Crippen MR) is 101 cm³/mol. The zero-order valence-electron chi connectivity index (χ0n) is 14.4. The average Bonchev–Trinajstić information content (AvgIpc) is 2.59. The van der Waals surface area contributed by atoms with E-state index >= 15 is 0 Å². The smallest absolute Gasteiger partial charge is 0.155 e. The summed E-state index contributed by atoms with van der Waals surface area (Å²) < 4.78 is 0. The lowest BCUT2D eigenvalue weighted by Crippen LogP contribution is -2.58. The Labute approximate surface area is 159 Å². The van der Waals surface area contributed by atoms with Crippen molar-refractivity contribution in [3.63, 3.8) is 0 Å². The first-order valence-corrected chi connectivity index (χ1v) is 9.92. The Morgan fingerprint density at radius 2 is 2.08 bits per heavy atom. The Kier molecular flexibility index (Phi) is 6.75. The molecule has 0 aromatic heterocycles. The molecule has 0 amide bonds. The molecule has 2 heterocycles. The summed E-state index contributed by atoms with van der Waals surface area (Å²) in [5, 5.41) is 14.6. The number of β-amino-alcohol motifs (C(OH)–C–C–N with tert-alkyl or cyclic N) is 1. The zero-order valence-corrected chi connectivity index (χ0v) is 15.9. The second-order valence-electron chi connectivity index (χ2n) is 7.18. The van der Waals surface area contributed by atoms with Gasteiger partial charge in [-0.05, 0) is 56.5 Å². The molecule has 25 heavy (non-hydrogen) atoms. The van der Waals surface area contributed by atoms with E-state index in [9.17, 15) is 9.90 Å². The molecule has 0 radical (unpaired) electrons. The topological polar surface area (TPSA) is 52.6 Å². The Hall–Kier alpha value is -0.650. The number of nitrogens with one attached hydrogen (secondary N) is 1. The first-order chi connectivity index (χ1) is 12.0. The van der Waals surface area contributed by atoms with Crippen LogP contribution in [0.4, 0.5) is 0 Å². The van der Waals surface area contributed by atoms with Crippen molar-refractivity contribution in [3.8, 4) is 0 Å². The molecule has 2 aliphatic heterocycles. The van der Waals surface area contributed by atoms with Crippen LogP contribution in [0, 0.1) is 0 Å². The van der Waals surface area contributed by atoms with Crippen LogP contribution in [-0.4, -0.2) is 53.6 Å². The highest BCUT2D eigenvalue weighted by Crippen LogP contribution is 2.25. The lowest BCUT2D eigenvalue weighted by molar-refractivity contribution is -0.126. The van der Waals surface area contributed by atoms with Crippen LogP contribution in [0.1, 0.15) is 37.7 Å². The lowest BCUT2D eigenvalue weighted by Gasteiger charge is -2.41. The molecule has 4 nitrogen and oxygen atoms in total. The van der Waals surface area contributed by atoms with Crippen LogP contribution in [0.3, 0.4) is 0 Å². The van der Waals surface area contributed by atoms with Crippen LogP contribution in [0.5, 0.6) is 0 Å². The fourth-order valence-electron chi connectivity index (χ4n) is 4.02. The van der Waals surface area contributed by atoms with Gasteiger partial charge in [0.25, 0.3) is 0 Å². The van der Waals surface area contributed by atoms with E-state index in [2.05, 4.69) is 10.2 Å². The number of aliphatic hydroxyl groups is 1. The van der Waals surface area contributed by atoms with E-state index in [4.69, 9.17) is 23.2 Å². The third kappa shape index (κ3) is 4.95. The molecular formula is C19H26Cl2N2O2. The number of halogens is 2. The molecule has 3 unspecified atom stereocenters. The van der Waals surface area contributed by atoms with Gasteiger partial charge >= 0.3 is 0 Å². The second kappa shape index (κ2) is 8.83. The fraction of sp³-hybridized carbons (Fsp3) is 0.632. The summed E-state index contributed by atoms with van der Waals surface area (Å²) in [5.41, 5.74) is 0.887. The first kappa shape index (κ1) is 19.1. The van der Waals surface area contributed by atoms with Crippen molar-refractivity contribution in [2.45, 2.75) is 56.7 Å². The summed E-state index contributed by atoms with van der Waals surface area (Å²) in [6.07, 6.45) is 5.07. The maximum Gasteiger partial charge on any atom is 0.155 e. The van der Waals surface area contributed by atoms with Crippen molar-refractivity contribution < 1.29 is 9.90 Å². The number of aliphatic hydroxyl groups excluding tert-OH is 1. The molecule has 2 aliphatic rings. The summed E-state index contributed by atoms with van der Waals surface area (Å²) in [6, 6.07) is 5.35. The van der Waals surface area contributed by atoms with Crippen molar-refractivity contribution in [2.24, 2.45) is 0 Å². The van der Waals surface area contributed by atoms with Crippen molar-refractivity contribution >= 4 is 29.0 Å². The van der Waals surface area contributed by atoms with Gasteiger partial charge in [0.05, 0.1) is 22.2 Å². The number of Topliss-reactive ketones (excluding diaryl/α,β-unsaturated/α-hetero) is 1. The van der Waals surface area contributed by atoms with Crippen molar-refractivity contribution in [1.82, 2.24) is 10.2 Å². The zero-order chi connectivity index (χ0) is 17.8. The number of likely N-dealkylation sites (tertiary alicyclic amines) is 1. The highest BCUT2D eigenvalue weighted by molar-refractivity contribution is 6.42. The van der Waals surface area contributed by atoms with Crippen LogP contribution in [0.15, 0.2) is 18.2 Å². The number of ketones is 1. The van der Waals surface area contributed by atoms with Crippen LogP contribution >= 0.6 is 23.2 Å². The van der Waals surface area contributed by atoms with Gasteiger partial charge in [-0.15, -0.1) is 0 Å². The summed E-state index contributed by atoms with van der Waals surface area (Å²) in [6.45, 7) is 2.40. The van der Waals surface area contributed by atoms with Gasteiger partial charge in [-0.2, -0.15) is 0 Å². The van der Waals surface area contributed by atoms with Gasteiger partial charge < -0.3 is 10.4 Å². The normalized spacial score (nSPS) is 26.4. The second-order valence-corrected chi connectivity index (χ2v) is 8.00. The molecule has 1 aromatic rings. The van der Waals surface area contributed by atoms with Gasteiger partial charge in [-0.1, -0.05) is 35.7 Å². The fourth-order valence-corrected chi connectivity index (χ4v) is 4.34. The molecule has 0 bridgehead atoms. The lowest BCUT2D eigenvalue weighted by atomic mass is 9.89. The summed E-state index contributed by atoms with van der Waals surface area (Å²) in [4.78, 5) is 15.4. The molecule has 1 aromatic carbocycles. The Morgan fingerprint density at radius 1 is 1.24 bits per heavy atom. The molecule has 0 spiro atoms. The Morgan fingerprint density at radius 3 is 2.76 bits per heavy atom. The third-order valence-electron chi connectivity index (χ3n) is 5.24. The highest BCUT2D eigenvalue weighted by Gasteiger charge is 2.36. The number of nitrogens with zero attached hydrogens (tertiary/aromatic N) is 1. The predicted octanol–water partition coefficient (Wildman–Crippen LogP) is 3.07. The van der Waals surface area contributed by atoms with Gasteiger partial charge in [-0.3, -0.25) is 9.69 Å². The minimum Gasteiger partial charge on any atom is -0.392 e. The van der Waals surface area contributed by atoms with Crippen molar-refractivity contribution in [1.29, 1.82) is 0 Å². The minimum absolute atomic E-state index is 0.161. The number of carbonyl (C=O) groups excluding carboxylic acids is 1. The average molecular weight is 385 g/mol. The monoisotopic (exact) mass is 384 g/mol. The number of carbonyl (C=O) groups is 1. The standard InChI is InChI=1S/C19H26Cl2N2O2/c20-15-7-6-13(10-16(15)21)11-18(25)19(17-5-1-2-8-22-17)23-9-3-4-14(24)12-23/h6-7,10,14,17,19,22,24H,1-5,8-9,11-12H2. The van der Waals surface area contributed by atoms with E-state index in [1.54, 1.807) is 12.1 Å². The van der Waals surface area contributed by atoms with Gasteiger partial charge in [0.1, 0.15) is 0 Å². The maximum absolute atomic E-state index is 13.2. The van der Waals surface area contributed by atoms with Gasteiger partial charge in [0, 0.05) is 19.0 Å². The summed E-state index contributed by atoms with van der Waals surface area (Å²) >= 11 is 12.1. The number of benzene rings is 1. The van der Waals surface area contributed by atoms with E-state index in [1.165, 1.54) is 0 Å². The van der Waals surface area contributed by atoms with E-state index in [1.807, 2.05) is 6.07 Å². The number of hydrogen-bond acceptors (Lipinski definition) is 4. The molecule has 2 N–H and O–H groups in total. The van der Waals surface area contributed by atoms with Crippen molar-refractivity contribution in [3.05, 3.63) is 33.8 Å². The minimum atomic E-state index is -0.336. The molecule has 138 valence electrons. The molecule has 2 saturated heterocycles. The quantitative estimate of drug-likeness (QED) is 0.818. The summed E-state index contributed by atoms with van der Waals surface area (Å²) in [7, 11) is 0. The Bertz CT molecular complexity index is 605. The summed E-state index contributed by atoms with van der Waals surface area (Å²) in [5.74, 6) is 0.187. The van der Waals surface area contributed by atoms with E-state index in [-0.39, 0.29) is 24.0 Å². The number of rotatable bonds is 5. The van der Waals surface area contributed by atoms with E-state index < -0.39 is 0 Å². The molecule has 0 saturated carbocycles. The molecule has 2 fully saturated rings. The Balaban J connectivity index is 1.76. The van der Waals surface area contributed by atoms with Crippen LogP contribution in [0.2, 0.25) is 10.0 Å². The largest absolute Gasteiger partial charge is 0.392 e. The molecule has 0 aliphatic carbocycles. The van der Waals surface area contributed by atoms with Crippen molar-refractivity contribution in [2.75, 3.05) is 19.6 Å². The van der Waals surface area contributed by atoms with E-state index in [0.717, 1.165) is 50.8 Å². The first-order valence-electron chi connectivity index (χ1n) is 9.17. The van der Waals surface area contributed by atoms with Crippen LogP contribution in [-0.2, 0) is 11.2 Å². The molecule has 3 rings (SSSR count). The van der Waals surface area contributed by atoms with E-state index in [0.29, 0.717) is 23.0 Å². The van der Waals surface area contributed by atoms with Gasteiger partial charge in [0.2, 0.25) is 0 Å². The highest BCUT2D eigenvalue weighted by atomic mass is 35.5. The number of hydrogen-bond donors (Lipinski definition) is 2. The van der Waals surface area contributed by atoms with Gasteiger partial charge in [-0.25, -0.2) is 0 Å². The molecule has 3 atom stereocenters. The van der Waals surface area contributed by atoms with Gasteiger partial charge in [0.15, 0.2) is 5.78 Å². The maximum atomic E-state index is 13.2. The van der Waals surface area contributed by atoms with Crippen LogP contribution < -0.4 is 5.32 Å². The third-order valence-corrected chi connectivity index (χ3v) is 5.98. The SMILES string of the molecule is O=C(Cc1ccc(Cl)c(Cl)c1)C(C1CCCCN1)N1CCCC(O)C1. The molecular weight excluding hydrogens is 359 g/mol. The molecule has 6 heteroatoms. The van der Waals surface area contributed by atoms with Crippen LogP contribution in [0.25, 0.3) is 0 Å².